The molecule has 3 aromatic rings. The second-order valence-electron chi connectivity index (χ2n) is 7.79. The van der Waals surface area contributed by atoms with Gasteiger partial charge in [0.15, 0.2) is 0 Å². The van der Waals surface area contributed by atoms with Gasteiger partial charge in [-0.2, -0.15) is 0 Å². The molecule has 0 aliphatic carbocycles. The van der Waals surface area contributed by atoms with Gasteiger partial charge in [-0.3, -0.25) is 0 Å². The van der Waals surface area contributed by atoms with Gasteiger partial charge in [0.25, 0.3) is 0 Å². The molecule has 0 unspecified atom stereocenters. The van der Waals surface area contributed by atoms with E-state index in [-0.39, 0.29) is 24.1 Å². The molecule has 1 aliphatic heterocycles. The molecule has 1 saturated heterocycles. The SMILES string of the molecule is Nc1nc(-c2cc(Nc3ccc(Cl)cc3CF)ccc2O)ccc1CNC(=O)N1CCOCC1. The van der Waals surface area contributed by atoms with Crippen LogP contribution in [-0.4, -0.2) is 47.3 Å². The number of urea groups is 1. The Labute approximate surface area is 201 Å². The third-order valence-corrected chi connectivity index (χ3v) is 5.74. The van der Waals surface area contributed by atoms with Crippen LogP contribution in [0, 0.1) is 0 Å². The molecule has 0 spiro atoms. The van der Waals surface area contributed by atoms with Crippen molar-refractivity contribution in [1.82, 2.24) is 15.2 Å². The summed E-state index contributed by atoms with van der Waals surface area (Å²) in [6.45, 7) is 1.70. The Morgan fingerprint density at radius 2 is 1.94 bits per heavy atom. The second kappa shape index (κ2) is 10.6. The number of ether oxygens (including phenoxy) is 1. The van der Waals surface area contributed by atoms with Crippen LogP contribution in [0.1, 0.15) is 11.1 Å². The summed E-state index contributed by atoms with van der Waals surface area (Å²) in [7, 11) is 0. The van der Waals surface area contributed by atoms with Gasteiger partial charge in [0.05, 0.1) is 18.9 Å². The number of alkyl halides is 1. The molecule has 8 nitrogen and oxygen atoms in total. The number of benzene rings is 2. The summed E-state index contributed by atoms with van der Waals surface area (Å²) in [5.41, 5.74) is 9.34. The van der Waals surface area contributed by atoms with Gasteiger partial charge in [0, 0.05) is 52.7 Å². The van der Waals surface area contributed by atoms with Gasteiger partial charge in [-0.15, -0.1) is 0 Å². The van der Waals surface area contributed by atoms with Crippen LogP contribution < -0.4 is 16.4 Å². The molecule has 2 aromatic carbocycles. The lowest BCUT2D eigenvalue weighted by molar-refractivity contribution is 0.0531. The van der Waals surface area contributed by atoms with Crippen LogP contribution in [0.2, 0.25) is 5.02 Å². The van der Waals surface area contributed by atoms with Crippen LogP contribution >= 0.6 is 11.6 Å². The zero-order valence-corrected chi connectivity index (χ0v) is 19.1. The predicted octanol–water partition coefficient (Wildman–Crippen LogP) is 4.44. The Morgan fingerprint density at radius 1 is 1.15 bits per heavy atom. The van der Waals surface area contributed by atoms with E-state index in [4.69, 9.17) is 22.1 Å². The van der Waals surface area contributed by atoms with Crippen molar-refractivity contribution < 1.29 is 19.0 Å². The molecule has 10 heteroatoms. The number of hydrogen-bond donors (Lipinski definition) is 4. The maximum atomic E-state index is 13.4. The number of rotatable bonds is 6. The Kier molecular flexibility index (Phi) is 7.34. The molecular formula is C24H25ClFN5O3. The monoisotopic (exact) mass is 485 g/mol. The first-order chi connectivity index (χ1) is 16.4. The minimum Gasteiger partial charge on any atom is -0.507 e. The summed E-state index contributed by atoms with van der Waals surface area (Å²) in [4.78, 5) is 18.4. The van der Waals surface area contributed by atoms with Crippen molar-refractivity contribution in [2.75, 3.05) is 37.4 Å². The Bertz CT molecular complexity index is 1190. The first kappa shape index (κ1) is 23.6. The van der Waals surface area contributed by atoms with Crippen molar-refractivity contribution in [2.24, 2.45) is 0 Å². The number of nitrogens with one attached hydrogen (secondary N) is 2. The Morgan fingerprint density at radius 3 is 2.68 bits per heavy atom. The van der Waals surface area contributed by atoms with E-state index in [9.17, 15) is 14.3 Å². The molecule has 0 saturated carbocycles. The summed E-state index contributed by atoms with van der Waals surface area (Å²) in [5, 5.41) is 16.9. The number of phenolic OH excluding ortho intramolecular Hbond substituents is 1. The number of aromatic nitrogens is 1. The van der Waals surface area contributed by atoms with Crippen LogP contribution in [0.4, 0.5) is 26.4 Å². The number of aromatic hydroxyl groups is 1. The smallest absolute Gasteiger partial charge is 0.317 e. The standard InChI is InChI=1S/C24H25ClFN5O3/c25-17-2-5-20(16(11-17)13-26)29-18-3-6-22(32)19(12-18)21-4-1-15(23(27)30-21)14-28-24(33)31-7-9-34-10-8-31/h1-6,11-12,29,32H,7-10,13-14H2,(H2,27,30)(H,28,33). The molecule has 0 bridgehead atoms. The second-order valence-corrected chi connectivity index (χ2v) is 8.23. The number of amides is 2. The third kappa shape index (κ3) is 5.49. The summed E-state index contributed by atoms with van der Waals surface area (Å²) >= 11 is 5.95. The van der Waals surface area contributed by atoms with Crippen LogP contribution in [-0.2, 0) is 18.0 Å². The van der Waals surface area contributed by atoms with E-state index in [2.05, 4.69) is 15.6 Å². The summed E-state index contributed by atoms with van der Waals surface area (Å²) in [6.07, 6.45) is 0. The van der Waals surface area contributed by atoms with E-state index in [1.54, 1.807) is 47.4 Å². The minimum atomic E-state index is -0.671. The normalized spacial score (nSPS) is 13.5. The number of carbonyl (C=O) groups is 1. The Balaban J connectivity index is 1.49. The third-order valence-electron chi connectivity index (χ3n) is 5.50. The van der Waals surface area contributed by atoms with E-state index < -0.39 is 6.67 Å². The molecule has 0 radical (unpaired) electrons. The van der Waals surface area contributed by atoms with Crippen LogP contribution in [0.15, 0.2) is 48.5 Å². The van der Waals surface area contributed by atoms with Crippen molar-refractivity contribution in [2.45, 2.75) is 13.2 Å². The number of halogens is 2. The van der Waals surface area contributed by atoms with Gasteiger partial charge < -0.3 is 31.1 Å². The number of pyridine rings is 1. The number of nitrogen functional groups attached to an aromatic ring is 1. The fourth-order valence-electron chi connectivity index (χ4n) is 3.62. The number of anilines is 3. The lowest BCUT2D eigenvalue weighted by Gasteiger charge is -2.27. The zero-order valence-electron chi connectivity index (χ0n) is 18.4. The number of phenols is 1. The largest absolute Gasteiger partial charge is 0.507 e. The summed E-state index contributed by atoms with van der Waals surface area (Å²) in [6, 6.07) is 13.1. The van der Waals surface area contributed by atoms with E-state index in [0.717, 1.165) is 0 Å². The van der Waals surface area contributed by atoms with Crippen LogP contribution in [0.5, 0.6) is 5.75 Å². The van der Waals surface area contributed by atoms with Crippen molar-refractivity contribution in [3.8, 4) is 17.0 Å². The van der Waals surface area contributed by atoms with E-state index >= 15 is 0 Å². The predicted molar refractivity (Wildman–Crippen MR) is 130 cm³/mol. The fourth-order valence-corrected chi connectivity index (χ4v) is 3.82. The Hall–Kier alpha value is -3.56. The van der Waals surface area contributed by atoms with Gasteiger partial charge in [-0.1, -0.05) is 17.7 Å². The molecule has 0 atom stereocenters. The molecule has 1 fully saturated rings. The highest BCUT2D eigenvalue weighted by Crippen LogP contribution is 2.33. The molecule has 5 N–H and O–H groups in total. The average molecular weight is 486 g/mol. The molecule has 178 valence electrons. The fraction of sp³-hybridized carbons (Fsp3) is 0.250. The highest BCUT2D eigenvalue weighted by Gasteiger charge is 2.17. The number of carbonyl (C=O) groups excluding carboxylic acids is 1. The van der Waals surface area contributed by atoms with Gasteiger partial charge in [-0.05, 0) is 42.5 Å². The lowest BCUT2D eigenvalue weighted by atomic mass is 10.1. The maximum Gasteiger partial charge on any atom is 0.317 e. The lowest BCUT2D eigenvalue weighted by Crippen LogP contribution is -2.45. The highest BCUT2D eigenvalue weighted by molar-refractivity contribution is 6.30. The molecule has 1 aliphatic rings. The van der Waals surface area contributed by atoms with Crippen LogP contribution in [0.25, 0.3) is 11.3 Å². The molecule has 2 heterocycles. The van der Waals surface area contributed by atoms with Crippen molar-refractivity contribution in [3.05, 3.63) is 64.7 Å². The highest BCUT2D eigenvalue weighted by atomic mass is 35.5. The van der Waals surface area contributed by atoms with Gasteiger partial charge in [0.2, 0.25) is 0 Å². The van der Waals surface area contributed by atoms with E-state index in [0.29, 0.717) is 65.1 Å². The maximum absolute atomic E-state index is 13.4. The van der Waals surface area contributed by atoms with Gasteiger partial charge >= 0.3 is 6.03 Å². The summed E-state index contributed by atoms with van der Waals surface area (Å²) < 4.78 is 18.6. The zero-order chi connectivity index (χ0) is 24.1. The van der Waals surface area contributed by atoms with Crippen molar-refractivity contribution in [3.63, 3.8) is 0 Å². The number of hydrogen-bond acceptors (Lipinski definition) is 6. The van der Waals surface area contributed by atoms with Gasteiger partial charge in [0.1, 0.15) is 18.2 Å². The van der Waals surface area contributed by atoms with Crippen molar-refractivity contribution >= 4 is 34.8 Å². The number of nitrogens with zero attached hydrogens (tertiary/aromatic N) is 2. The summed E-state index contributed by atoms with van der Waals surface area (Å²) in [5.74, 6) is 0.266. The van der Waals surface area contributed by atoms with Crippen LogP contribution in [0.3, 0.4) is 0 Å². The molecule has 1 aromatic heterocycles. The first-order valence-corrected chi connectivity index (χ1v) is 11.1. The van der Waals surface area contributed by atoms with Crippen molar-refractivity contribution in [1.29, 1.82) is 0 Å². The average Bonchev–Trinajstić information content (AvgIpc) is 2.85. The molecule has 4 rings (SSSR count). The quantitative estimate of drug-likeness (QED) is 0.384. The first-order valence-electron chi connectivity index (χ1n) is 10.8. The number of nitrogens with two attached hydrogens (primary N) is 1. The topological polar surface area (TPSA) is 113 Å². The minimum absolute atomic E-state index is 0.0210. The van der Waals surface area contributed by atoms with E-state index in [1.165, 1.54) is 6.07 Å². The molecule has 34 heavy (non-hydrogen) atoms. The number of morpholine rings is 1. The van der Waals surface area contributed by atoms with E-state index in [1.807, 2.05) is 0 Å². The van der Waals surface area contributed by atoms with Gasteiger partial charge in [-0.25, -0.2) is 14.2 Å². The molecule has 2 amide bonds. The molecular weight excluding hydrogens is 461 g/mol.